The fourth-order valence-electron chi connectivity index (χ4n) is 2.24. The molecule has 0 aromatic carbocycles. The summed E-state index contributed by atoms with van der Waals surface area (Å²) in [5.41, 5.74) is 2.43. The van der Waals surface area contributed by atoms with Gasteiger partial charge in [0.2, 0.25) is 0 Å². The number of hydrogen-bond donors (Lipinski definition) is 1. The van der Waals surface area contributed by atoms with E-state index in [1.165, 1.54) is 11.1 Å². The van der Waals surface area contributed by atoms with Crippen molar-refractivity contribution in [3.63, 3.8) is 0 Å². The minimum absolute atomic E-state index is 0.318. The molecule has 1 aliphatic rings. The highest BCUT2D eigenvalue weighted by molar-refractivity contribution is 5.45. The van der Waals surface area contributed by atoms with Crippen molar-refractivity contribution in [2.24, 2.45) is 0 Å². The molecule has 1 atom stereocenters. The summed E-state index contributed by atoms with van der Waals surface area (Å²) in [7, 11) is 0. The third-order valence-electron chi connectivity index (χ3n) is 3.05. The molecule has 0 spiro atoms. The van der Waals surface area contributed by atoms with E-state index in [4.69, 9.17) is 0 Å². The summed E-state index contributed by atoms with van der Waals surface area (Å²) in [5, 5.41) is 7.83. The van der Waals surface area contributed by atoms with Crippen LogP contribution in [0.2, 0.25) is 0 Å². The van der Waals surface area contributed by atoms with Crippen LogP contribution < -0.4 is 5.32 Å². The highest BCUT2D eigenvalue weighted by Crippen LogP contribution is 2.30. The van der Waals surface area contributed by atoms with Crippen LogP contribution in [0.4, 0.5) is 5.82 Å². The number of nitrogens with zero attached hydrogens (tertiary/aromatic N) is 3. The first-order valence-corrected chi connectivity index (χ1v) is 5.54. The van der Waals surface area contributed by atoms with Crippen molar-refractivity contribution in [1.82, 2.24) is 14.8 Å². The molecule has 2 aromatic rings. The Morgan fingerprint density at radius 3 is 3.19 bits per heavy atom. The summed E-state index contributed by atoms with van der Waals surface area (Å²) in [6.07, 6.45) is 6.70. The van der Waals surface area contributed by atoms with Gasteiger partial charge in [-0.05, 0) is 25.0 Å². The monoisotopic (exact) mass is 214 g/mol. The van der Waals surface area contributed by atoms with Gasteiger partial charge in [-0.3, -0.25) is 4.98 Å². The summed E-state index contributed by atoms with van der Waals surface area (Å²) in [4.78, 5) is 4.18. The van der Waals surface area contributed by atoms with E-state index in [-0.39, 0.29) is 0 Å². The highest BCUT2D eigenvalue weighted by Gasteiger charge is 2.22. The van der Waals surface area contributed by atoms with Crippen molar-refractivity contribution >= 4 is 5.82 Å². The van der Waals surface area contributed by atoms with E-state index in [1.807, 2.05) is 18.5 Å². The molecule has 3 heterocycles. The number of anilines is 1. The van der Waals surface area contributed by atoms with Gasteiger partial charge in [-0.2, -0.15) is 5.10 Å². The fourth-order valence-corrected chi connectivity index (χ4v) is 2.24. The second-order valence-corrected chi connectivity index (χ2v) is 4.14. The molecule has 0 bridgehead atoms. The van der Waals surface area contributed by atoms with E-state index in [2.05, 4.69) is 33.1 Å². The maximum Gasteiger partial charge on any atom is 0.127 e. The number of pyridine rings is 1. The van der Waals surface area contributed by atoms with Crippen LogP contribution in [0.1, 0.15) is 23.6 Å². The molecule has 1 N–H and O–H groups in total. The number of aryl methyl sites for hydroxylation is 1. The van der Waals surface area contributed by atoms with E-state index in [1.54, 1.807) is 6.20 Å². The summed E-state index contributed by atoms with van der Waals surface area (Å²) < 4.78 is 2.07. The van der Waals surface area contributed by atoms with Gasteiger partial charge in [0.25, 0.3) is 0 Å². The van der Waals surface area contributed by atoms with Gasteiger partial charge in [-0.25, -0.2) is 4.68 Å². The fraction of sp³-hybridized carbons (Fsp3) is 0.333. The topological polar surface area (TPSA) is 42.7 Å². The zero-order valence-corrected chi connectivity index (χ0v) is 9.22. The normalized spacial score (nSPS) is 18.9. The first-order chi connectivity index (χ1) is 7.86. The van der Waals surface area contributed by atoms with Gasteiger partial charge in [0.1, 0.15) is 5.82 Å². The zero-order valence-electron chi connectivity index (χ0n) is 9.22. The Balaban J connectivity index is 2.05. The van der Waals surface area contributed by atoms with E-state index in [0.717, 1.165) is 18.8 Å². The minimum atomic E-state index is 0.318. The molecule has 82 valence electrons. The molecule has 1 unspecified atom stereocenters. The van der Waals surface area contributed by atoms with E-state index < -0.39 is 0 Å². The second-order valence-electron chi connectivity index (χ2n) is 4.14. The van der Waals surface area contributed by atoms with Crippen molar-refractivity contribution in [3.05, 3.63) is 41.9 Å². The lowest BCUT2D eigenvalue weighted by molar-refractivity contribution is 0.480. The molecule has 0 aliphatic carbocycles. The van der Waals surface area contributed by atoms with Crippen LogP contribution in [-0.2, 0) is 0 Å². The molecular weight excluding hydrogens is 200 g/mol. The van der Waals surface area contributed by atoms with Crippen LogP contribution in [-0.4, -0.2) is 21.3 Å². The van der Waals surface area contributed by atoms with Crippen LogP contribution in [0.5, 0.6) is 0 Å². The molecule has 0 radical (unpaired) electrons. The van der Waals surface area contributed by atoms with Crippen molar-refractivity contribution < 1.29 is 0 Å². The molecule has 1 aliphatic heterocycles. The standard InChI is InChI=1S/C12H14N4/c1-9-7-15-16-11(4-6-14-12(9)16)10-3-2-5-13-8-10/h2-3,5,7-8,11,14H,4,6H2,1H3. The van der Waals surface area contributed by atoms with Crippen LogP contribution >= 0.6 is 0 Å². The van der Waals surface area contributed by atoms with Crippen LogP contribution in [0.25, 0.3) is 0 Å². The first kappa shape index (κ1) is 9.39. The molecule has 4 heteroatoms. The van der Waals surface area contributed by atoms with Crippen molar-refractivity contribution in [1.29, 1.82) is 0 Å². The minimum Gasteiger partial charge on any atom is -0.370 e. The number of fused-ring (bicyclic) bond motifs is 1. The molecule has 3 rings (SSSR count). The molecule has 16 heavy (non-hydrogen) atoms. The van der Waals surface area contributed by atoms with Gasteiger partial charge >= 0.3 is 0 Å². The SMILES string of the molecule is Cc1cnn2c1NCCC2c1cccnc1. The third kappa shape index (κ3) is 1.38. The van der Waals surface area contributed by atoms with Crippen LogP contribution in [0.15, 0.2) is 30.7 Å². The predicted molar refractivity (Wildman–Crippen MR) is 62.4 cm³/mol. The van der Waals surface area contributed by atoms with Crippen molar-refractivity contribution in [2.75, 3.05) is 11.9 Å². The van der Waals surface area contributed by atoms with E-state index in [0.29, 0.717) is 6.04 Å². The predicted octanol–water partition coefficient (Wildman–Crippen LogP) is 1.99. The molecule has 2 aromatic heterocycles. The average Bonchev–Trinajstić information content (AvgIpc) is 2.73. The average molecular weight is 214 g/mol. The lowest BCUT2D eigenvalue weighted by Gasteiger charge is -2.26. The quantitative estimate of drug-likeness (QED) is 0.789. The Bertz CT molecular complexity index is 489. The van der Waals surface area contributed by atoms with Gasteiger partial charge in [0, 0.05) is 24.5 Å². The van der Waals surface area contributed by atoms with Crippen LogP contribution in [0, 0.1) is 6.92 Å². The van der Waals surface area contributed by atoms with Gasteiger partial charge < -0.3 is 5.32 Å². The molecular formula is C12H14N4. The summed E-state index contributed by atoms with van der Waals surface area (Å²) in [6.45, 7) is 3.07. The Kier molecular flexibility index (Phi) is 2.13. The van der Waals surface area contributed by atoms with Gasteiger partial charge in [0.15, 0.2) is 0 Å². The number of aromatic nitrogens is 3. The number of hydrogen-bond acceptors (Lipinski definition) is 3. The molecule has 0 fully saturated rings. The van der Waals surface area contributed by atoms with Gasteiger partial charge in [-0.15, -0.1) is 0 Å². The second kappa shape index (κ2) is 3.63. The number of nitrogens with one attached hydrogen (secondary N) is 1. The van der Waals surface area contributed by atoms with Gasteiger partial charge in [-0.1, -0.05) is 6.07 Å². The number of rotatable bonds is 1. The maximum atomic E-state index is 4.44. The van der Waals surface area contributed by atoms with E-state index in [9.17, 15) is 0 Å². The Hall–Kier alpha value is -1.84. The van der Waals surface area contributed by atoms with Crippen molar-refractivity contribution in [3.8, 4) is 0 Å². The van der Waals surface area contributed by atoms with Crippen LogP contribution in [0.3, 0.4) is 0 Å². The summed E-state index contributed by atoms with van der Waals surface area (Å²) >= 11 is 0. The molecule has 4 nitrogen and oxygen atoms in total. The lowest BCUT2D eigenvalue weighted by Crippen LogP contribution is -2.24. The third-order valence-corrected chi connectivity index (χ3v) is 3.05. The molecule has 0 saturated carbocycles. The van der Waals surface area contributed by atoms with Gasteiger partial charge in [0.05, 0.1) is 12.2 Å². The molecule has 0 saturated heterocycles. The first-order valence-electron chi connectivity index (χ1n) is 5.54. The van der Waals surface area contributed by atoms with Crippen molar-refractivity contribution in [2.45, 2.75) is 19.4 Å². The smallest absolute Gasteiger partial charge is 0.127 e. The lowest BCUT2D eigenvalue weighted by atomic mass is 10.0. The Labute approximate surface area is 94.3 Å². The summed E-state index contributed by atoms with van der Waals surface area (Å²) in [6, 6.07) is 4.41. The molecule has 0 amide bonds. The maximum absolute atomic E-state index is 4.44. The Morgan fingerprint density at radius 2 is 2.38 bits per heavy atom. The largest absolute Gasteiger partial charge is 0.370 e. The van der Waals surface area contributed by atoms with E-state index >= 15 is 0 Å². The zero-order chi connectivity index (χ0) is 11.0. The summed E-state index contributed by atoms with van der Waals surface area (Å²) in [5.74, 6) is 1.14. The Morgan fingerprint density at radius 1 is 1.44 bits per heavy atom. The highest BCUT2D eigenvalue weighted by atomic mass is 15.4.